The van der Waals surface area contributed by atoms with Crippen LogP contribution in [0.2, 0.25) is 0 Å². The number of aromatic carboxylic acids is 1. The number of thioether (sulfide) groups is 1. The van der Waals surface area contributed by atoms with Gasteiger partial charge in [-0.3, -0.25) is 14.4 Å². The molecule has 1 amide bonds. The third-order valence-electron chi connectivity index (χ3n) is 5.77. The number of pyridine rings is 1. The summed E-state index contributed by atoms with van der Waals surface area (Å²) >= 11 is 1.07. The highest BCUT2D eigenvalue weighted by Crippen LogP contribution is 2.26. The van der Waals surface area contributed by atoms with Gasteiger partial charge in [0.1, 0.15) is 17.2 Å². The Hall–Kier alpha value is -3.87. The van der Waals surface area contributed by atoms with Gasteiger partial charge >= 0.3 is 5.97 Å². The molecule has 3 heterocycles. The number of aryl methyl sites for hydroxylation is 1. The van der Waals surface area contributed by atoms with Crippen LogP contribution in [-0.2, 0) is 11.3 Å². The van der Waals surface area contributed by atoms with Gasteiger partial charge in [0.25, 0.3) is 5.56 Å². The van der Waals surface area contributed by atoms with Crippen LogP contribution in [0.15, 0.2) is 39.1 Å². The summed E-state index contributed by atoms with van der Waals surface area (Å²) in [6, 6.07) is 3.79. The molecule has 35 heavy (non-hydrogen) atoms. The lowest BCUT2D eigenvalue weighted by Crippen LogP contribution is -2.49. The molecule has 0 bridgehead atoms. The first-order valence-electron chi connectivity index (χ1n) is 10.8. The number of hydrogen-bond donors (Lipinski definition) is 3. The number of anilines is 2. The van der Waals surface area contributed by atoms with Crippen LogP contribution in [0.3, 0.4) is 0 Å². The predicted octanol–water partition coefficient (Wildman–Crippen LogP) is 0.965. The Morgan fingerprint density at radius 3 is 2.54 bits per heavy atom. The van der Waals surface area contributed by atoms with Crippen molar-refractivity contribution in [3.63, 3.8) is 0 Å². The second kappa shape index (κ2) is 9.78. The Labute approximate surface area is 202 Å². The van der Waals surface area contributed by atoms with Crippen molar-refractivity contribution in [1.82, 2.24) is 19.4 Å². The summed E-state index contributed by atoms with van der Waals surface area (Å²) in [5.41, 5.74) is 4.74. The first-order chi connectivity index (χ1) is 16.7. The van der Waals surface area contributed by atoms with E-state index in [2.05, 4.69) is 9.97 Å². The number of piperazine rings is 1. The first kappa shape index (κ1) is 24.3. The third-order valence-corrected chi connectivity index (χ3v) is 6.62. The number of carboxylic acids is 1. The zero-order valence-electron chi connectivity index (χ0n) is 18.8. The van der Waals surface area contributed by atoms with Crippen molar-refractivity contribution in [2.24, 2.45) is 0 Å². The summed E-state index contributed by atoms with van der Waals surface area (Å²) < 4.78 is 16.6. The molecule has 1 saturated heterocycles. The molecule has 0 unspecified atom stereocenters. The number of carbonyl (C=O) groups is 2. The molecule has 0 atom stereocenters. The first-order valence-corrected chi connectivity index (χ1v) is 11.8. The Bertz CT molecular complexity index is 1430. The molecule has 184 valence electrons. The van der Waals surface area contributed by atoms with Crippen molar-refractivity contribution in [2.75, 3.05) is 42.6 Å². The minimum absolute atomic E-state index is 0.00652. The van der Waals surface area contributed by atoms with E-state index < -0.39 is 28.3 Å². The quantitative estimate of drug-likeness (QED) is 0.330. The molecule has 0 aliphatic carbocycles. The van der Waals surface area contributed by atoms with Crippen molar-refractivity contribution in [3.05, 3.63) is 56.4 Å². The van der Waals surface area contributed by atoms with Crippen LogP contribution in [0.4, 0.5) is 15.9 Å². The number of halogens is 1. The summed E-state index contributed by atoms with van der Waals surface area (Å²) in [7, 11) is 0. The molecular formula is C22H23FN6O5S. The smallest absolute Gasteiger partial charge is 0.341 e. The summed E-state index contributed by atoms with van der Waals surface area (Å²) in [5.74, 6) is -2.01. The van der Waals surface area contributed by atoms with E-state index in [1.54, 1.807) is 27.4 Å². The minimum atomic E-state index is -1.36. The highest BCUT2D eigenvalue weighted by molar-refractivity contribution is 7.99. The number of nitrogens with one attached hydrogen (secondary N) is 1. The summed E-state index contributed by atoms with van der Waals surface area (Å²) in [4.78, 5) is 58.0. The van der Waals surface area contributed by atoms with Crippen LogP contribution >= 0.6 is 11.8 Å². The maximum absolute atomic E-state index is 15.0. The maximum atomic E-state index is 15.0. The van der Waals surface area contributed by atoms with Gasteiger partial charge in [-0.2, -0.15) is 0 Å². The normalized spacial score (nSPS) is 13.9. The lowest BCUT2D eigenvalue weighted by atomic mass is 10.1. The Morgan fingerprint density at radius 2 is 1.91 bits per heavy atom. The fourth-order valence-corrected chi connectivity index (χ4v) is 4.78. The van der Waals surface area contributed by atoms with Gasteiger partial charge in [0, 0.05) is 50.4 Å². The van der Waals surface area contributed by atoms with E-state index in [-0.39, 0.29) is 33.7 Å². The Kier molecular flexibility index (Phi) is 6.78. The molecule has 1 aliphatic rings. The summed E-state index contributed by atoms with van der Waals surface area (Å²) in [6.07, 6.45) is 1.27. The van der Waals surface area contributed by atoms with Crippen LogP contribution in [-0.4, -0.2) is 68.3 Å². The van der Waals surface area contributed by atoms with Gasteiger partial charge in [-0.15, -0.1) is 0 Å². The zero-order valence-corrected chi connectivity index (χ0v) is 19.6. The number of aromatic nitrogens is 3. The highest BCUT2D eigenvalue weighted by atomic mass is 32.2. The number of aromatic amines is 1. The number of H-pyrrole nitrogens is 1. The number of carboxylic acid groups (broad SMARTS) is 1. The number of benzene rings is 1. The molecular weight excluding hydrogens is 479 g/mol. The van der Waals surface area contributed by atoms with E-state index in [1.807, 2.05) is 0 Å². The van der Waals surface area contributed by atoms with Crippen LogP contribution in [0, 0.1) is 5.82 Å². The lowest BCUT2D eigenvalue weighted by Gasteiger charge is -2.36. The Balaban J connectivity index is 1.48. The van der Waals surface area contributed by atoms with Gasteiger partial charge in [-0.25, -0.2) is 14.2 Å². The van der Waals surface area contributed by atoms with Gasteiger partial charge in [-0.05, 0) is 19.1 Å². The third kappa shape index (κ3) is 4.99. The van der Waals surface area contributed by atoms with Crippen LogP contribution < -0.4 is 21.6 Å². The minimum Gasteiger partial charge on any atom is -0.477 e. The zero-order chi connectivity index (χ0) is 25.3. The molecule has 1 fully saturated rings. The molecule has 4 N–H and O–H groups in total. The predicted molar refractivity (Wildman–Crippen MR) is 130 cm³/mol. The number of nitrogens with zero attached hydrogens (tertiary/aromatic N) is 4. The van der Waals surface area contributed by atoms with Gasteiger partial charge < -0.3 is 30.2 Å². The van der Waals surface area contributed by atoms with E-state index >= 15 is 4.39 Å². The molecule has 1 aromatic carbocycles. The second-order valence-corrected chi connectivity index (χ2v) is 8.88. The molecule has 11 nitrogen and oxygen atoms in total. The number of nitrogen functional groups attached to an aromatic ring is 1. The number of nitrogens with two attached hydrogens (primary N) is 1. The molecule has 3 aromatic rings. The molecule has 0 radical (unpaired) electrons. The number of hydrogen-bond acceptors (Lipinski definition) is 8. The van der Waals surface area contributed by atoms with Crippen molar-refractivity contribution in [1.29, 1.82) is 0 Å². The summed E-state index contributed by atoms with van der Waals surface area (Å²) in [6.45, 7) is 3.66. The van der Waals surface area contributed by atoms with E-state index in [1.165, 1.54) is 6.20 Å². The molecule has 1 aliphatic heterocycles. The standard InChI is InChI=1S/C22H23FN6O5S/c1-2-27-10-13(21(33)34)20(32)12-7-14(23)16(8-15(12)27)28-3-5-29(6-4-28)19(31)11-35-22-25-17(24)9-18(30)26-22/h7-10H,2-6,11H2,1H3,(H,33,34)(H3,24,25,26,30). The average molecular weight is 503 g/mol. The van der Waals surface area contributed by atoms with E-state index in [0.29, 0.717) is 38.2 Å². The van der Waals surface area contributed by atoms with E-state index in [9.17, 15) is 24.3 Å². The monoisotopic (exact) mass is 502 g/mol. The fraction of sp³-hybridized carbons (Fsp3) is 0.318. The molecule has 0 spiro atoms. The number of amides is 1. The van der Waals surface area contributed by atoms with Crippen LogP contribution in [0.25, 0.3) is 10.9 Å². The largest absolute Gasteiger partial charge is 0.477 e. The molecule has 2 aromatic heterocycles. The van der Waals surface area contributed by atoms with Crippen LogP contribution in [0.1, 0.15) is 17.3 Å². The van der Waals surface area contributed by atoms with E-state index in [0.717, 1.165) is 23.9 Å². The van der Waals surface area contributed by atoms with Crippen molar-refractivity contribution < 1.29 is 19.1 Å². The second-order valence-electron chi connectivity index (χ2n) is 7.92. The molecule has 13 heteroatoms. The topological polar surface area (TPSA) is 155 Å². The highest BCUT2D eigenvalue weighted by Gasteiger charge is 2.25. The number of fused-ring (bicyclic) bond motifs is 1. The van der Waals surface area contributed by atoms with Crippen molar-refractivity contribution in [2.45, 2.75) is 18.6 Å². The van der Waals surface area contributed by atoms with Crippen molar-refractivity contribution in [3.8, 4) is 0 Å². The molecule has 4 rings (SSSR count). The van der Waals surface area contributed by atoms with Gasteiger partial charge in [0.15, 0.2) is 5.16 Å². The molecule has 0 saturated carbocycles. The maximum Gasteiger partial charge on any atom is 0.341 e. The van der Waals surface area contributed by atoms with Crippen molar-refractivity contribution >= 4 is 46.0 Å². The number of carbonyl (C=O) groups excluding carboxylic acids is 1. The van der Waals surface area contributed by atoms with E-state index in [4.69, 9.17) is 5.73 Å². The van der Waals surface area contributed by atoms with Gasteiger partial charge in [0.2, 0.25) is 11.3 Å². The SMILES string of the molecule is CCn1cc(C(=O)O)c(=O)c2cc(F)c(N3CCN(C(=O)CSc4nc(N)cc(=O)[nH]4)CC3)cc21. The number of rotatable bonds is 6. The average Bonchev–Trinajstić information content (AvgIpc) is 2.82. The summed E-state index contributed by atoms with van der Waals surface area (Å²) in [5, 5.41) is 9.56. The van der Waals surface area contributed by atoms with Gasteiger partial charge in [0.05, 0.1) is 17.0 Å². The lowest BCUT2D eigenvalue weighted by molar-refractivity contribution is -0.128. The fourth-order valence-electron chi connectivity index (χ4n) is 4.00. The van der Waals surface area contributed by atoms with Crippen LogP contribution in [0.5, 0.6) is 0 Å². The van der Waals surface area contributed by atoms with Gasteiger partial charge in [-0.1, -0.05) is 11.8 Å². The Morgan fingerprint density at radius 1 is 1.20 bits per heavy atom.